The van der Waals surface area contributed by atoms with Gasteiger partial charge in [-0.25, -0.2) is 0 Å². The van der Waals surface area contributed by atoms with Crippen LogP contribution < -0.4 is 16.8 Å². The number of primary amides is 1. The molecule has 0 aliphatic carbocycles. The molecule has 0 aromatic rings. The van der Waals surface area contributed by atoms with Crippen LogP contribution >= 0.6 is 0 Å². The van der Waals surface area contributed by atoms with Gasteiger partial charge >= 0.3 is 0 Å². The lowest BCUT2D eigenvalue weighted by Crippen LogP contribution is -2.54. The van der Waals surface area contributed by atoms with Crippen molar-refractivity contribution >= 4 is 11.8 Å². The van der Waals surface area contributed by atoms with Gasteiger partial charge in [0.2, 0.25) is 11.8 Å². The van der Waals surface area contributed by atoms with Crippen LogP contribution in [0.2, 0.25) is 0 Å². The summed E-state index contributed by atoms with van der Waals surface area (Å²) in [4.78, 5) is 21.8. The maximum atomic E-state index is 11.4. The SMILES string of the molecule is CCC(N)(CC)C(=O)NCC(N)=O. The molecule has 0 bridgehead atoms. The summed E-state index contributed by atoms with van der Waals surface area (Å²) in [7, 11) is 0. The molecule has 0 saturated heterocycles. The normalized spacial score (nSPS) is 11.0. The number of carbonyl (C=O) groups excluding carboxylic acids is 2. The molecule has 2 amide bonds. The highest BCUT2D eigenvalue weighted by Crippen LogP contribution is 2.10. The first-order chi connectivity index (χ1) is 5.96. The molecule has 0 fully saturated rings. The van der Waals surface area contributed by atoms with Crippen molar-refractivity contribution in [3.05, 3.63) is 0 Å². The van der Waals surface area contributed by atoms with Gasteiger partial charge in [0, 0.05) is 0 Å². The number of amides is 2. The minimum atomic E-state index is -0.880. The van der Waals surface area contributed by atoms with E-state index in [1.807, 2.05) is 13.8 Å². The fourth-order valence-electron chi connectivity index (χ4n) is 0.915. The largest absolute Gasteiger partial charge is 0.368 e. The van der Waals surface area contributed by atoms with Crippen molar-refractivity contribution in [2.75, 3.05) is 6.54 Å². The van der Waals surface area contributed by atoms with Gasteiger partial charge in [0.1, 0.15) is 0 Å². The molecule has 0 saturated carbocycles. The highest BCUT2D eigenvalue weighted by molar-refractivity contribution is 5.89. The zero-order valence-corrected chi connectivity index (χ0v) is 8.09. The quantitative estimate of drug-likeness (QED) is 0.520. The first-order valence-corrected chi connectivity index (χ1v) is 4.31. The molecule has 0 radical (unpaired) electrons. The van der Waals surface area contributed by atoms with Crippen molar-refractivity contribution in [2.45, 2.75) is 32.2 Å². The topological polar surface area (TPSA) is 98.2 Å². The molecule has 0 spiro atoms. The van der Waals surface area contributed by atoms with Gasteiger partial charge in [-0.05, 0) is 12.8 Å². The van der Waals surface area contributed by atoms with E-state index in [-0.39, 0.29) is 12.5 Å². The van der Waals surface area contributed by atoms with Crippen LogP contribution in [0.15, 0.2) is 0 Å². The molecule has 0 aromatic carbocycles. The summed E-state index contributed by atoms with van der Waals surface area (Å²) in [5, 5.41) is 2.39. The Morgan fingerprint density at radius 1 is 1.31 bits per heavy atom. The predicted octanol–water partition coefficient (Wildman–Crippen LogP) is -0.895. The summed E-state index contributed by atoms with van der Waals surface area (Å²) in [6.07, 6.45) is 1.07. The van der Waals surface area contributed by atoms with Crippen LogP contribution in [0.25, 0.3) is 0 Å². The van der Waals surface area contributed by atoms with Gasteiger partial charge in [-0.3, -0.25) is 9.59 Å². The Hall–Kier alpha value is -1.10. The maximum absolute atomic E-state index is 11.4. The van der Waals surface area contributed by atoms with Crippen LogP contribution in [0, 0.1) is 0 Å². The lowest BCUT2D eigenvalue weighted by molar-refractivity contribution is -0.129. The molecule has 5 heteroatoms. The van der Waals surface area contributed by atoms with Crippen molar-refractivity contribution in [3.63, 3.8) is 0 Å². The van der Waals surface area contributed by atoms with Gasteiger partial charge in [0.05, 0.1) is 12.1 Å². The second-order valence-electron chi connectivity index (χ2n) is 3.01. The number of rotatable bonds is 5. The Bertz CT molecular complexity index is 200. The molecule has 5 nitrogen and oxygen atoms in total. The number of carbonyl (C=O) groups is 2. The highest BCUT2D eigenvalue weighted by atomic mass is 16.2. The summed E-state index contributed by atoms with van der Waals surface area (Å²) in [6, 6.07) is 0. The average molecular weight is 187 g/mol. The van der Waals surface area contributed by atoms with Crippen LogP contribution in [0.5, 0.6) is 0 Å². The van der Waals surface area contributed by atoms with E-state index in [4.69, 9.17) is 11.5 Å². The van der Waals surface area contributed by atoms with Crippen molar-refractivity contribution in [1.82, 2.24) is 5.32 Å². The van der Waals surface area contributed by atoms with Crippen molar-refractivity contribution in [1.29, 1.82) is 0 Å². The van der Waals surface area contributed by atoms with Gasteiger partial charge in [0.15, 0.2) is 0 Å². The lowest BCUT2D eigenvalue weighted by Gasteiger charge is -2.24. The van der Waals surface area contributed by atoms with Gasteiger partial charge in [-0.15, -0.1) is 0 Å². The first kappa shape index (κ1) is 11.9. The summed E-state index contributed by atoms with van der Waals surface area (Å²) in [5.74, 6) is -0.890. The monoisotopic (exact) mass is 187 g/mol. The molecule has 76 valence electrons. The molecule has 0 rings (SSSR count). The Morgan fingerprint density at radius 2 is 1.77 bits per heavy atom. The number of hydrogen-bond acceptors (Lipinski definition) is 3. The molecular weight excluding hydrogens is 170 g/mol. The molecule has 0 aliphatic heterocycles. The van der Waals surface area contributed by atoms with E-state index in [0.717, 1.165) is 0 Å². The molecule has 0 unspecified atom stereocenters. The van der Waals surface area contributed by atoms with E-state index in [1.165, 1.54) is 0 Å². The van der Waals surface area contributed by atoms with Crippen molar-refractivity contribution in [3.8, 4) is 0 Å². The van der Waals surface area contributed by atoms with Gasteiger partial charge in [0.25, 0.3) is 0 Å². The third-order valence-electron chi connectivity index (χ3n) is 2.14. The predicted molar refractivity (Wildman–Crippen MR) is 49.7 cm³/mol. The van der Waals surface area contributed by atoms with Crippen molar-refractivity contribution < 1.29 is 9.59 Å². The minimum Gasteiger partial charge on any atom is -0.368 e. The van der Waals surface area contributed by atoms with E-state index in [1.54, 1.807) is 0 Å². The molecule has 0 heterocycles. The summed E-state index contributed by atoms with van der Waals surface area (Å²) in [5.41, 5.74) is 9.76. The first-order valence-electron chi connectivity index (χ1n) is 4.31. The molecule has 0 aromatic heterocycles. The van der Waals surface area contributed by atoms with E-state index in [0.29, 0.717) is 12.8 Å². The Morgan fingerprint density at radius 3 is 2.08 bits per heavy atom. The molecule has 0 atom stereocenters. The zero-order chi connectivity index (χ0) is 10.5. The summed E-state index contributed by atoms with van der Waals surface area (Å²) >= 11 is 0. The highest BCUT2D eigenvalue weighted by Gasteiger charge is 2.29. The van der Waals surface area contributed by atoms with Crippen LogP contribution in [0.3, 0.4) is 0 Å². The van der Waals surface area contributed by atoms with Crippen molar-refractivity contribution in [2.24, 2.45) is 11.5 Å². The van der Waals surface area contributed by atoms with Gasteiger partial charge in [-0.2, -0.15) is 0 Å². The fraction of sp³-hybridized carbons (Fsp3) is 0.750. The Balaban J connectivity index is 4.15. The molecule has 5 N–H and O–H groups in total. The van der Waals surface area contributed by atoms with E-state index < -0.39 is 11.4 Å². The minimum absolute atomic E-state index is 0.155. The van der Waals surface area contributed by atoms with Crippen LogP contribution in [-0.4, -0.2) is 23.9 Å². The van der Waals surface area contributed by atoms with E-state index in [9.17, 15) is 9.59 Å². The van der Waals surface area contributed by atoms with Gasteiger partial charge < -0.3 is 16.8 Å². The molecule has 0 aliphatic rings. The van der Waals surface area contributed by atoms with Crippen LogP contribution in [-0.2, 0) is 9.59 Å². The van der Waals surface area contributed by atoms with Crippen LogP contribution in [0.1, 0.15) is 26.7 Å². The third-order valence-corrected chi connectivity index (χ3v) is 2.14. The average Bonchev–Trinajstić information content (AvgIpc) is 2.12. The standard InChI is InChI=1S/C8H17N3O2/c1-3-8(10,4-2)7(13)11-5-6(9)12/h3-5,10H2,1-2H3,(H2,9,12)(H,11,13). The maximum Gasteiger partial charge on any atom is 0.240 e. The fourth-order valence-corrected chi connectivity index (χ4v) is 0.915. The molecular formula is C8H17N3O2. The summed E-state index contributed by atoms with van der Waals surface area (Å²) < 4.78 is 0. The Labute approximate surface area is 77.8 Å². The van der Waals surface area contributed by atoms with E-state index in [2.05, 4.69) is 5.32 Å². The number of nitrogens with one attached hydrogen (secondary N) is 1. The number of nitrogens with two attached hydrogens (primary N) is 2. The summed E-state index contributed by atoms with van der Waals surface area (Å²) in [6.45, 7) is 3.50. The third kappa shape index (κ3) is 3.42. The number of hydrogen-bond donors (Lipinski definition) is 3. The van der Waals surface area contributed by atoms with Gasteiger partial charge in [-0.1, -0.05) is 13.8 Å². The second-order valence-corrected chi connectivity index (χ2v) is 3.01. The molecule has 13 heavy (non-hydrogen) atoms. The van der Waals surface area contributed by atoms with Crippen LogP contribution in [0.4, 0.5) is 0 Å². The lowest BCUT2D eigenvalue weighted by atomic mass is 9.93. The Kier molecular flexibility index (Phi) is 4.40. The zero-order valence-electron chi connectivity index (χ0n) is 8.09. The van der Waals surface area contributed by atoms with E-state index >= 15 is 0 Å². The smallest absolute Gasteiger partial charge is 0.240 e. The second kappa shape index (κ2) is 4.81.